The maximum absolute atomic E-state index is 10.9. The van der Waals surface area contributed by atoms with Gasteiger partial charge in [0.2, 0.25) is 0 Å². The predicted molar refractivity (Wildman–Crippen MR) is 57.0 cm³/mol. The molecule has 0 rings (SSSR count). The van der Waals surface area contributed by atoms with Crippen molar-refractivity contribution in [3.8, 4) is 0 Å². The molecule has 0 saturated carbocycles. The molecule has 0 aliphatic heterocycles. The molecular formula is C10H14O8. The molecule has 18 heavy (non-hydrogen) atoms. The van der Waals surface area contributed by atoms with Gasteiger partial charge in [-0.25, -0.2) is 14.4 Å². The normalized spacial score (nSPS) is 10.9. The number of carbonyl (C=O) groups excluding carboxylic acids is 2. The van der Waals surface area contributed by atoms with Gasteiger partial charge in [0.25, 0.3) is 0 Å². The lowest BCUT2D eigenvalue weighted by atomic mass is 10.4. The van der Waals surface area contributed by atoms with Gasteiger partial charge < -0.3 is 24.1 Å². The number of carbonyl (C=O) groups is 3. The summed E-state index contributed by atoms with van der Waals surface area (Å²) in [6.07, 6.45) is -2.29. The van der Waals surface area contributed by atoms with Crippen LogP contribution >= 0.6 is 0 Å². The van der Waals surface area contributed by atoms with E-state index < -0.39 is 24.4 Å². The minimum Gasteiger partial charge on any atom is -0.459 e. The molecule has 0 bridgehead atoms. The second kappa shape index (κ2) is 8.85. The molecule has 1 unspecified atom stereocenters. The first-order chi connectivity index (χ1) is 8.45. The molecule has 0 radical (unpaired) electrons. The van der Waals surface area contributed by atoms with Gasteiger partial charge in [-0.3, -0.25) is 0 Å². The Morgan fingerprint density at radius 1 is 1.22 bits per heavy atom. The van der Waals surface area contributed by atoms with Crippen LogP contribution in [0.15, 0.2) is 12.7 Å². The summed E-state index contributed by atoms with van der Waals surface area (Å²) < 4.78 is 17.8. The fourth-order valence-corrected chi connectivity index (χ4v) is 0.759. The van der Waals surface area contributed by atoms with Crippen LogP contribution < -0.4 is 0 Å². The van der Waals surface area contributed by atoms with E-state index in [2.05, 4.69) is 25.5 Å². The maximum atomic E-state index is 10.9. The van der Waals surface area contributed by atoms with E-state index in [1.54, 1.807) is 0 Å². The number of carboxylic acid groups (broad SMARTS) is 1. The van der Waals surface area contributed by atoms with Crippen molar-refractivity contribution in [3.63, 3.8) is 0 Å². The summed E-state index contributed by atoms with van der Waals surface area (Å²) in [5, 5.41) is 8.25. The van der Waals surface area contributed by atoms with Gasteiger partial charge in [0, 0.05) is 6.08 Å². The Bertz CT molecular complexity index is 311. The van der Waals surface area contributed by atoms with Crippen LogP contribution in [0.1, 0.15) is 6.92 Å². The van der Waals surface area contributed by atoms with Gasteiger partial charge in [-0.1, -0.05) is 6.58 Å². The number of esters is 1. The standard InChI is InChI=1S/C10H14O8/c1-3-8(11)15-4-5-16-10(14)17-6-7(2)18-9(12)13/h3,7H,1,4-6H2,2H3,(H,12,13). The minimum atomic E-state index is -1.46. The SMILES string of the molecule is C=CC(=O)OCCOC(=O)OCC(C)OC(=O)O. The quantitative estimate of drug-likeness (QED) is 0.312. The smallest absolute Gasteiger partial charge is 0.459 e. The summed E-state index contributed by atoms with van der Waals surface area (Å²) in [6, 6.07) is 0. The first-order valence-corrected chi connectivity index (χ1v) is 4.94. The van der Waals surface area contributed by atoms with Crippen molar-refractivity contribution in [2.24, 2.45) is 0 Å². The number of hydrogen-bond acceptors (Lipinski definition) is 7. The third-order valence-corrected chi connectivity index (χ3v) is 1.45. The summed E-state index contributed by atoms with van der Waals surface area (Å²) in [6.45, 7) is 4.02. The van der Waals surface area contributed by atoms with Crippen LogP contribution in [0.5, 0.6) is 0 Å². The predicted octanol–water partition coefficient (Wildman–Crippen LogP) is 0.952. The average molecular weight is 262 g/mol. The van der Waals surface area contributed by atoms with Gasteiger partial charge in [0.15, 0.2) is 0 Å². The van der Waals surface area contributed by atoms with E-state index in [0.717, 1.165) is 6.08 Å². The van der Waals surface area contributed by atoms with E-state index in [-0.39, 0.29) is 19.8 Å². The Morgan fingerprint density at radius 3 is 2.39 bits per heavy atom. The molecule has 0 aromatic heterocycles. The summed E-state index contributed by atoms with van der Waals surface area (Å²) >= 11 is 0. The maximum Gasteiger partial charge on any atom is 0.508 e. The van der Waals surface area contributed by atoms with Gasteiger partial charge in [-0.05, 0) is 6.92 Å². The highest BCUT2D eigenvalue weighted by atomic mass is 16.7. The molecule has 0 aliphatic rings. The van der Waals surface area contributed by atoms with Crippen LogP contribution in [-0.4, -0.2) is 49.3 Å². The highest BCUT2D eigenvalue weighted by Crippen LogP contribution is 1.95. The Morgan fingerprint density at radius 2 is 1.83 bits per heavy atom. The number of rotatable bonds is 7. The molecule has 0 aromatic carbocycles. The lowest BCUT2D eigenvalue weighted by Gasteiger charge is -2.11. The lowest BCUT2D eigenvalue weighted by Crippen LogP contribution is -2.22. The monoisotopic (exact) mass is 262 g/mol. The topological polar surface area (TPSA) is 108 Å². The van der Waals surface area contributed by atoms with Crippen molar-refractivity contribution in [1.82, 2.24) is 0 Å². The Kier molecular flexibility index (Phi) is 7.74. The van der Waals surface area contributed by atoms with Crippen molar-refractivity contribution >= 4 is 18.3 Å². The van der Waals surface area contributed by atoms with Crippen LogP contribution in [0.4, 0.5) is 9.59 Å². The molecule has 8 heteroatoms. The Balaban J connectivity index is 3.56. The van der Waals surface area contributed by atoms with Crippen LogP contribution in [0, 0.1) is 0 Å². The molecule has 0 amide bonds. The van der Waals surface area contributed by atoms with Crippen LogP contribution in [0.2, 0.25) is 0 Å². The van der Waals surface area contributed by atoms with Gasteiger partial charge in [-0.2, -0.15) is 0 Å². The van der Waals surface area contributed by atoms with E-state index in [4.69, 9.17) is 5.11 Å². The highest BCUT2D eigenvalue weighted by Gasteiger charge is 2.11. The molecule has 1 atom stereocenters. The van der Waals surface area contributed by atoms with Crippen molar-refractivity contribution in [3.05, 3.63) is 12.7 Å². The third-order valence-electron chi connectivity index (χ3n) is 1.45. The Hall–Kier alpha value is -2.25. The largest absolute Gasteiger partial charge is 0.508 e. The zero-order valence-electron chi connectivity index (χ0n) is 9.79. The van der Waals surface area contributed by atoms with Crippen molar-refractivity contribution in [2.75, 3.05) is 19.8 Å². The van der Waals surface area contributed by atoms with Crippen molar-refractivity contribution in [2.45, 2.75) is 13.0 Å². The fourth-order valence-electron chi connectivity index (χ4n) is 0.759. The second-order valence-electron chi connectivity index (χ2n) is 2.98. The summed E-state index contributed by atoms with van der Waals surface area (Å²) in [5.41, 5.74) is 0. The number of ether oxygens (including phenoxy) is 4. The summed E-state index contributed by atoms with van der Waals surface area (Å²) in [4.78, 5) is 31.6. The molecule has 0 heterocycles. The number of hydrogen-bond donors (Lipinski definition) is 1. The zero-order valence-corrected chi connectivity index (χ0v) is 9.79. The first-order valence-electron chi connectivity index (χ1n) is 4.94. The third kappa shape index (κ3) is 9.01. The van der Waals surface area contributed by atoms with E-state index in [9.17, 15) is 14.4 Å². The zero-order chi connectivity index (χ0) is 14.0. The molecular weight excluding hydrogens is 248 g/mol. The second-order valence-corrected chi connectivity index (χ2v) is 2.98. The summed E-state index contributed by atoms with van der Waals surface area (Å²) in [5.74, 6) is -0.629. The molecule has 0 aliphatic carbocycles. The highest BCUT2D eigenvalue weighted by molar-refractivity contribution is 5.81. The molecule has 0 saturated heterocycles. The van der Waals surface area contributed by atoms with Crippen LogP contribution in [-0.2, 0) is 23.7 Å². The van der Waals surface area contributed by atoms with Crippen molar-refractivity contribution < 1.29 is 38.4 Å². The molecule has 102 valence electrons. The van der Waals surface area contributed by atoms with Crippen molar-refractivity contribution in [1.29, 1.82) is 0 Å². The van der Waals surface area contributed by atoms with Gasteiger partial charge in [-0.15, -0.1) is 0 Å². The summed E-state index contributed by atoms with van der Waals surface area (Å²) in [7, 11) is 0. The van der Waals surface area contributed by atoms with Crippen LogP contribution in [0.3, 0.4) is 0 Å². The van der Waals surface area contributed by atoms with E-state index in [1.165, 1.54) is 6.92 Å². The molecule has 1 N–H and O–H groups in total. The lowest BCUT2D eigenvalue weighted by molar-refractivity contribution is -0.139. The van der Waals surface area contributed by atoms with Gasteiger partial charge >= 0.3 is 18.3 Å². The molecule has 0 fully saturated rings. The molecule has 0 spiro atoms. The minimum absolute atomic E-state index is 0.124. The average Bonchev–Trinajstić information content (AvgIpc) is 2.30. The van der Waals surface area contributed by atoms with E-state index >= 15 is 0 Å². The Labute approximate surface area is 103 Å². The van der Waals surface area contributed by atoms with Gasteiger partial charge in [0.05, 0.1) is 0 Å². The fraction of sp³-hybridized carbons (Fsp3) is 0.500. The van der Waals surface area contributed by atoms with Crippen LogP contribution in [0.25, 0.3) is 0 Å². The molecule has 8 nitrogen and oxygen atoms in total. The van der Waals surface area contributed by atoms with E-state index in [1.807, 2.05) is 0 Å². The van der Waals surface area contributed by atoms with E-state index in [0.29, 0.717) is 0 Å². The molecule has 0 aromatic rings. The first kappa shape index (κ1) is 15.8. The van der Waals surface area contributed by atoms with Gasteiger partial charge in [0.1, 0.15) is 25.9 Å².